The molecule has 1 heterocycles. The summed E-state index contributed by atoms with van der Waals surface area (Å²) in [5.74, 6) is -0.117. The number of hydrogen-bond donors (Lipinski definition) is 1. The largest absolute Gasteiger partial charge is 0.332 e. The van der Waals surface area contributed by atoms with E-state index < -0.39 is 10.0 Å². The molecule has 1 aliphatic carbocycles. The topological polar surface area (TPSA) is 80.5 Å². The fraction of sp³-hybridized carbons (Fsp3) is 0.588. The van der Waals surface area contributed by atoms with Gasteiger partial charge in [-0.1, -0.05) is 13.8 Å². The first-order chi connectivity index (χ1) is 10.4. The van der Waals surface area contributed by atoms with Gasteiger partial charge in [-0.2, -0.15) is 0 Å². The second-order valence-corrected chi connectivity index (χ2v) is 9.37. The van der Waals surface area contributed by atoms with E-state index in [2.05, 4.69) is 13.8 Å². The Kier molecular flexibility index (Phi) is 3.44. The predicted octanol–water partition coefficient (Wildman–Crippen LogP) is 2.08. The van der Waals surface area contributed by atoms with E-state index in [0.717, 1.165) is 24.0 Å². The standard InChI is InChI=1S/C17H24N2O3S/c1-16(2)10-19(17(16,3)4)15(20)12-8-11-6-5-7-13(11)14(9-12)23(18,21)22/h8-9H,5-7,10H2,1-4H3,(H2,18,21,22). The van der Waals surface area contributed by atoms with E-state index in [1.165, 1.54) is 6.07 Å². The highest BCUT2D eigenvalue weighted by molar-refractivity contribution is 7.89. The molecule has 1 aliphatic heterocycles. The molecule has 1 aromatic carbocycles. The number of rotatable bonds is 2. The quantitative estimate of drug-likeness (QED) is 0.898. The molecular formula is C17H24N2O3S. The van der Waals surface area contributed by atoms with E-state index in [0.29, 0.717) is 18.5 Å². The monoisotopic (exact) mass is 336 g/mol. The van der Waals surface area contributed by atoms with Crippen LogP contribution < -0.4 is 5.14 Å². The molecule has 1 aromatic rings. The number of nitrogens with two attached hydrogens (primary N) is 1. The number of amides is 1. The highest BCUT2D eigenvalue weighted by atomic mass is 32.2. The molecule has 0 radical (unpaired) electrons. The lowest BCUT2D eigenvalue weighted by Crippen LogP contribution is -2.70. The van der Waals surface area contributed by atoms with Crippen LogP contribution in [0.1, 0.15) is 55.6 Å². The van der Waals surface area contributed by atoms with Crippen molar-refractivity contribution in [2.45, 2.75) is 57.4 Å². The van der Waals surface area contributed by atoms with Crippen molar-refractivity contribution in [1.82, 2.24) is 4.90 Å². The molecule has 0 bridgehead atoms. The zero-order valence-electron chi connectivity index (χ0n) is 14.1. The average Bonchev–Trinajstić information content (AvgIpc) is 2.90. The number of carbonyl (C=O) groups excluding carboxylic acids is 1. The van der Waals surface area contributed by atoms with Crippen LogP contribution in [0.5, 0.6) is 0 Å². The summed E-state index contributed by atoms with van der Waals surface area (Å²) in [4.78, 5) is 14.8. The number of sulfonamides is 1. The second kappa shape index (κ2) is 4.80. The zero-order chi connectivity index (χ0) is 17.2. The number of carbonyl (C=O) groups is 1. The molecule has 1 saturated heterocycles. The Balaban J connectivity index is 2.04. The second-order valence-electron chi connectivity index (χ2n) is 7.84. The van der Waals surface area contributed by atoms with Crippen molar-refractivity contribution >= 4 is 15.9 Å². The first-order valence-corrected chi connectivity index (χ1v) is 9.50. The Morgan fingerprint density at radius 3 is 2.35 bits per heavy atom. The number of likely N-dealkylation sites (tertiary alicyclic amines) is 1. The molecule has 0 saturated carbocycles. The van der Waals surface area contributed by atoms with Crippen LogP contribution >= 0.6 is 0 Å². The summed E-state index contributed by atoms with van der Waals surface area (Å²) in [6.07, 6.45) is 2.41. The predicted molar refractivity (Wildman–Crippen MR) is 88.7 cm³/mol. The molecule has 1 fully saturated rings. The van der Waals surface area contributed by atoms with Crippen molar-refractivity contribution in [2.75, 3.05) is 6.54 Å². The Morgan fingerprint density at radius 1 is 1.17 bits per heavy atom. The first-order valence-electron chi connectivity index (χ1n) is 7.96. The lowest BCUT2D eigenvalue weighted by atomic mass is 9.65. The molecule has 5 nitrogen and oxygen atoms in total. The minimum absolute atomic E-state index is 0.0438. The number of primary sulfonamides is 1. The van der Waals surface area contributed by atoms with E-state index in [-0.39, 0.29) is 21.8 Å². The van der Waals surface area contributed by atoms with E-state index in [1.54, 1.807) is 0 Å². The SMILES string of the molecule is CC1(C)CN(C(=O)c2cc3c(c(S(N)(=O)=O)c2)CCC3)C1(C)C. The summed E-state index contributed by atoms with van der Waals surface area (Å²) in [5, 5.41) is 5.37. The van der Waals surface area contributed by atoms with Gasteiger partial charge >= 0.3 is 0 Å². The van der Waals surface area contributed by atoms with Crippen LogP contribution in [0, 0.1) is 5.41 Å². The van der Waals surface area contributed by atoms with Crippen molar-refractivity contribution < 1.29 is 13.2 Å². The molecule has 126 valence electrons. The molecule has 6 heteroatoms. The van der Waals surface area contributed by atoms with Crippen LogP contribution in [-0.2, 0) is 22.9 Å². The molecule has 0 unspecified atom stereocenters. The summed E-state index contributed by atoms with van der Waals surface area (Å²) in [5.41, 5.74) is 1.94. The van der Waals surface area contributed by atoms with Gasteiger partial charge in [0.1, 0.15) is 0 Å². The Hall–Kier alpha value is -1.40. The van der Waals surface area contributed by atoms with Crippen molar-refractivity contribution in [3.05, 3.63) is 28.8 Å². The normalized spacial score (nSPS) is 21.7. The zero-order valence-corrected chi connectivity index (χ0v) is 15.0. The smallest absolute Gasteiger partial charge is 0.254 e. The molecule has 23 heavy (non-hydrogen) atoms. The number of nitrogens with zero attached hydrogens (tertiary/aromatic N) is 1. The Bertz CT molecular complexity index is 794. The van der Waals surface area contributed by atoms with Gasteiger partial charge in [0.2, 0.25) is 10.0 Å². The van der Waals surface area contributed by atoms with E-state index in [4.69, 9.17) is 5.14 Å². The third kappa shape index (κ3) is 2.39. The molecule has 1 amide bonds. The van der Waals surface area contributed by atoms with Gasteiger partial charge in [-0.05, 0) is 56.4 Å². The number of hydrogen-bond acceptors (Lipinski definition) is 3. The van der Waals surface area contributed by atoms with Gasteiger partial charge in [0, 0.05) is 23.1 Å². The van der Waals surface area contributed by atoms with Gasteiger partial charge < -0.3 is 4.90 Å². The van der Waals surface area contributed by atoms with Crippen LogP contribution in [0.2, 0.25) is 0 Å². The number of benzene rings is 1. The minimum Gasteiger partial charge on any atom is -0.332 e. The fourth-order valence-electron chi connectivity index (χ4n) is 3.58. The van der Waals surface area contributed by atoms with Crippen LogP contribution in [0.3, 0.4) is 0 Å². The Labute approximate surface area is 137 Å². The molecule has 2 N–H and O–H groups in total. The van der Waals surface area contributed by atoms with Gasteiger partial charge in [-0.15, -0.1) is 0 Å². The maximum Gasteiger partial charge on any atom is 0.254 e. The maximum atomic E-state index is 12.9. The maximum absolute atomic E-state index is 12.9. The van der Waals surface area contributed by atoms with Crippen LogP contribution in [0.15, 0.2) is 17.0 Å². The molecule has 3 rings (SSSR count). The van der Waals surface area contributed by atoms with Crippen LogP contribution in [0.4, 0.5) is 0 Å². The number of fused-ring (bicyclic) bond motifs is 1. The number of aryl methyl sites for hydroxylation is 1. The van der Waals surface area contributed by atoms with E-state index in [9.17, 15) is 13.2 Å². The van der Waals surface area contributed by atoms with Crippen molar-refractivity contribution in [2.24, 2.45) is 10.6 Å². The van der Waals surface area contributed by atoms with E-state index >= 15 is 0 Å². The molecule has 0 aromatic heterocycles. The average molecular weight is 336 g/mol. The lowest BCUT2D eigenvalue weighted by molar-refractivity contribution is -0.0881. The van der Waals surface area contributed by atoms with Gasteiger partial charge in [0.05, 0.1) is 4.90 Å². The highest BCUT2D eigenvalue weighted by Gasteiger charge is 2.54. The van der Waals surface area contributed by atoms with Gasteiger partial charge in [-0.3, -0.25) is 4.79 Å². The lowest BCUT2D eigenvalue weighted by Gasteiger charge is -2.61. The summed E-state index contributed by atoms with van der Waals surface area (Å²) in [6, 6.07) is 3.31. The van der Waals surface area contributed by atoms with Gasteiger partial charge in [0.15, 0.2) is 0 Å². The van der Waals surface area contributed by atoms with Gasteiger partial charge in [-0.25, -0.2) is 13.6 Å². The van der Waals surface area contributed by atoms with Crippen LogP contribution in [0.25, 0.3) is 0 Å². The molecule has 0 spiro atoms. The van der Waals surface area contributed by atoms with Crippen LogP contribution in [-0.4, -0.2) is 31.3 Å². The third-order valence-corrected chi connectivity index (χ3v) is 6.83. The van der Waals surface area contributed by atoms with Crippen molar-refractivity contribution in [1.29, 1.82) is 0 Å². The molecule has 2 aliphatic rings. The third-order valence-electron chi connectivity index (χ3n) is 5.86. The highest BCUT2D eigenvalue weighted by Crippen LogP contribution is 2.47. The van der Waals surface area contributed by atoms with E-state index in [1.807, 2.05) is 24.8 Å². The van der Waals surface area contributed by atoms with Gasteiger partial charge in [0.25, 0.3) is 5.91 Å². The van der Waals surface area contributed by atoms with Crippen molar-refractivity contribution in [3.63, 3.8) is 0 Å². The van der Waals surface area contributed by atoms with Crippen molar-refractivity contribution in [3.8, 4) is 0 Å². The minimum atomic E-state index is -3.82. The molecule has 0 atom stereocenters. The summed E-state index contributed by atoms with van der Waals surface area (Å²) < 4.78 is 23.8. The summed E-state index contributed by atoms with van der Waals surface area (Å²) >= 11 is 0. The fourth-order valence-corrected chi connectivity index (χ4v) is 4.45. The Morgan fingerprint density at radius 2 is 1.83 bits per heavy atom. The summed E-state index contributed by atoms with van der Waals surface area (Å²) in [6.45, 7) is 9.02. The summed E-state index contributed by atoms with van der Waals surface area (Å²) in [7, 11) is -3.82. The molecular weight excluding hydrogens is 312 g/mol. The first kappa shape index (κ1) is 16.5.